The van der Waals surface area contributed by atoms with Crippen LogP contribution in [0.2, 0.25) is 0 Å². The lowest BCUT2D eigenvalue weighted by atomic mass is 10.2. The molecule has 0 aliphatic rings. The number of aromatic nitrogens is 1. The lowest BCUT2D eigenvalue weighted by molar-refractivity contribution is 0.748. The first-order valence-corrected chi connectivity index (χ1v) is 8.05. The number of hydrogen-bond acceptors (Lipinski definition) is 3. The topological polar surface area (TPSA) is 44.9 Å². The van der Waals surface area contributed by atoms with Gasteiger partial charge < -0.3 is 10.3 Å². The Kier molecular flexibility index (Phi) is 5.33. The van der Waals surface area contributed by atoms with Gasteiger partial charge in [0.2, 0.25) is 0 Å². The summed E-state index contributed by atoms with van der Waals surface area (Å²) >= 11 is 1.89. The van der Waals surface area contributed by atoms with E-state index in [1.807, 2.05) is 42.1 Å². The zero-order valence-corrected chi connectivity index (χ0v) is 12.1. The molecule has 19 heavy (non-hydrogen) atoms. The van der Waals surface area contributed by atoms with E-state index in [4.69, 9.17) is 0 Å². The fraction of sp³-hybridized carbons (Fsp3) is 0.400. The summed E-state index contributed by atoms with van der Waals surface area (Å²) in [4.78, 5) is 14.8. The quantitative estimate of drug-likeness (QED) is 0.761. The van der Waals surface area contributed by atoms with Crippen LogP contribution >= 0.6 is 11.8 Å². The number of fused-ring (bicyclic) bond motifs is 1. The second-order valence-electron chi connectivity index (χ2n) is 4.58. The van der Waals surface area contributed by atoms with Crippen LogP contribution in [0.25, 0.3) is 10.8 Å². The van der Waals surface area contributed by atoms with Crippen molar-refractivity contribution in [1.29, 1.82) is 0 Å². The molecule has 102 valence electrons. The van der Waals surface area contributed by atoms with Crippen molar-refractivity contribution >= 4 is 28.4 Å². The highest BCUT2D eigenvalue weighted by Gasteiger charge is 2.00. The molecular weight excluding hydrogens is 256 g/mol. The second-order valence-corrected chi connectivity index (χ2v) is 5.57. The van der Waals surface area contributed by atoms with Crippen LogP contribution in [-0.2, 0) is 0 Å². The number of pyridine rings is 1. The van der Waals surface area contributed by atoms with Gasteiger partial charge in [-0.15, -0.1) is 0 Å². The highest BCUT2D eigenvalue weighted by molar-refractivity contribution is 7.98. The number of hydrogen-bond donors (Lipinski definition) is 2. The van der Waals surface area contributed by atoms with Gasteiger partial charge in [0.15, 0.2) is 0 Å². The Labute approximate surface area is 117 Å². The normalized spacial score (nSPS) is 10.8. The first kappa shape index (κ1) is 14.0. The van der Waals surface area contributed by atoms with Crippen LogP contribution in [0.3, 0.4) is 0 Å². The van der Waals surface area contributed by atoms with E-state index in [0.717, 1.165) is 29.6 Å². The van der Waals surface area contributed by atoms with Crippen molar-refractivity contribution in [2.24, 2.45) is 0 Å². The summed E-state index contributed by atoms with van der Waals surface area (Å²) < 4.78 is 0. The third-order valence-electron chi connectivity index (χ3n) is 3.09. The molecule has 1 aromatic heterocycles. The molecule has 0 amide bonds. The Bertz CT molecular complexity index is 580. The van der Waals surface area contributed by atoms with Crippen LogP contribution in [0.1, 0.15) is 19.3 Å². The van der Waals surface area contributed by atoms with E-state index in [9.17, 15) is 4.79 Å². The molecule has 0 spiro atoms. The highest BCUT2D eigenvalue weighted by atomic mass is 32.2. The Morgan fingerprint density at radius 2 is 2.05 bits per heavy atom. The minimum Gasteiger partial charge on any atom is -0.372 e. The van der Waals surface area contributed by atoms with E-state index in [1.54, 1.807) is 0 Å². The number of benzene rings is 1. The first-order chi connectivity index (χ1) is 9.31. The number of thioether (sulfide) groups is 1. The van der Waals surface area contributed by atoms with Gasteiger partial charge in [-0.05, 0) is 42.4 Å². The average Bonchev–Trinajstić information content (AvgIpc) is 2.43. The van der Waals surface area contributed by atoms with E-state index >= 15 is 0 Å². The molecule has 3 nitrogen and oxygen atoms in total. The maximum Gasteiger partial charge on any atom is 0.257 e. The fourth-order valence-electron chi connectivity index (χ4n) is 2.08. The van der Waals surface area contributed by atoms with Crippen molar-refractivity contribution in [2.75, 3.05) is 23.9 Å². The number of H-pyrrole nitrogens is 1. The molecule has 2 aromatic rings. The van der Waals surface area contributed by atoms with Gasteiger partial charge in [-0.1, -0.05) is 24.6 Å². The Hall–Kier alpha value is -1.42. The number of rotatable bonds is 7. The largest absolute Gasteiger partial charge is 0.372 e. The lowest BCUT2D eigenvalue weighted by Gasteiger charge is -2.07. The Morgan fingerprint density at radius 3 is 2.89 bits per heavy atom. The van der Waals surface area contributed by atoms with Crippen LogP contribution in [0.5, 0.6) is 0 Å². The molecule has 1 heterocycles. The predicted octanol–water partition coefficient (Wildman–Crippen LogP) is 3.47. The van der Waals surface area contributed by atoms with Crippen molar-refractivity contribution in [1.82, 2.24) is 4.98 Å². The van der Waals surface area contributed by atoms with Gasteiger partial charge >= 0.3 is 0 Å². The first-order valence-electron chi connectivity index (χ1n) is 6.66. The Morgan fingerprint density at radius 1 is 1.21 bits per heavy atom. The molecule has 2 N–H and O–H groups in total. The zero-order valence-electron chi connectivity index (χ0n) is 11.2. The third kappa shape index (κ3) is 4.03. The van der Waals surface area contributed by atoms with Gasteiger partial charge in [0.05, 0.1) is 0 Å². The van der Waals surface area contributed by atoms with Gasteiger partial charge in [0, 0.05) is 11.9 Å². The monoisotopic (exact) mass is 276 g/mol. The van der Waals surface area contributed by atoms with Crippen molar-refractivity contribution < 1.29 is 0 Å². The van der Waals surface area contributed by atoms with E-state index in [-0.39, 0.29) is 5.56 Å². The van der Waals surface area contributed by atoms with Crippen LogP contribution in [0.4, 0.5) is 5.82 Å². The van der Waals surface area contributed by atoms with Crippen molar-refractivity contribution in [2.45, 2.75) is 19.3 Å². The van der Waals surface area contributed by atoms with Gasteiger partial charge in [-0.25, -0.2) is 0 Å². The molecule has 0 bridgehead atoms. The summed E-state index contributed by atoms with van der Waals surface area (Å²) in [5, 5.41) is 5.02. The molecule has 0 aliphatic carbocycles. The van der Waals surface area contributed by atoms with Crippen LogP contribution in [0, 0.1) is 0 Å². The fourth-order valence-corrected chi connectivity index (χ4v) is 2.57. The molecule has 1 aromatic carbocycles. The Balaban J connectivity index is 1.92. The predicted molar refractivity (Wildman–Crippen MR) is 85.3 cm³/mol. The number of aromatic amines is 1. The van der Waals surface area contributed by atoms with Gasteiger partial charge in [0.25, 0.3) is 5.56 Å². The maximum atomic E-state index is 11.9. The standard InChI is InChI=1S/C15H20N2OS/c1-19-10-6-2-5-9-16-14-11-12-7-3-4-8-13(12)15(18)17-14/h3-4,7-8,11H,2,5-6,9-10H2,1H3,(H2,16,17,18). The van der Waals surface area contributed by atoms with Crippen molar-refractivity contribution in [3.63, 3.8) is 0 Å². The summed E-state index contributed by atoms with van der Waals surface area (Å²) in [6, 6.07) is 9.65. The van der Waals surface area contributed by atoms with E-state index < -0.39 is 0 Å². The highest BCUT2D eigenvalue weighted by Crippen LogP contribution is 2.12. The lowest BCUT2D eigenvalue weighted by Crippen LogP contribution is -2.11. The number of unbranched alkanes of at least 4 members (excludes halogenated alkanes) is 2. The third-order valence-corrected chi connectivity index (χ3v) is 3.79. The second kappa shape index (κ2) is 7.24. The van der Waals surface area contributed by atoms with E-state index in [1.165, 1.54) is 18.6 Å². The molecule has 0 radical (unpaired) electrons. The minimum atomic E-state index is -0.0250. The smallest absolute Gasteiger partial charge is 0.257 e. The SMILES string of the molecule is CSCCCCCNc1cc2ccccc2c(=O)[nH]1. The average molecular weight is 276 g/mol. The molecule has 0 aliphatic heterocycles. The molecule has 0 saturated carbocycles. The van der Waals surface area contributed by atoms with Crippen LogP contribution < -0.4 is 10.9 Å². The molecule has 0 fully saturated rings. The summed E-state index contributed by atoms with van der Waals surface area (Å²) in [5.74, 6) is 2.04. The number of nitrogens with one attached hydrogen (secondary N) is 2. The van der Waals surface area contributed by atoms with Gasteiger partial charge in [0.1, 0.15) is 5.82 Å². The maximum absolute atomic E-state index is 11.9. The molecule has 0 atom stereocenters. The molecule has 4 heteroatoms. The van der Waals surface area contributed by atoms with Crippen LogP contribution in [0.15, 0.2) is 35.1 Å². The summed E-state index contributed by atoms with van der Waals surface area (Å²) in [6.07, 6.45) is 5.76. The van der Waals surface area contributed by atoms with E-state index in [2.05, 4.69) is 16.6 Å². The van der Waals surface area contributed by atoms with Gasteiger partial charge in [-0.2, -0.15) is 11.8 Å². The minimum absolute atomic E-state index is 0.0250. The van der Waals surface area contributed by atoms with E-state index in [0.29, 0.717) is 0 Å². The zero-order chi connectivity index (χ0) is 13.5. The summed E-state index contributed by atoms with van der Waals surface area (Å²) in [5.41, 5.74) is -0.0250. The van der Waals surface area contributed by atoms with Gasteiger partial charge in [-0.3, -0.25) is 4.79 Å². The molecule has 0 unspecified atom stereocenters. The summed E-state index contributed by atoms with van der Waals surface area (Å²) in [7, 11) is 0. The summed E-state index contributed by atoms with van der Waals surface area (Å²) in [6.45, 7) is 0.905. The molecule has 2 rings (SSSR count). The molecular formula is C15H20N2OS. The molecule has 0 saturated heterocycles. The number of anilines is 1. The van der Waals surface area contributed by atoms with Crippen LogP contribution in [-0.4, -0.2) is 23.5 Å². The van der Waals surface area contributed by atoms with Crippen molar-refractivity contribution in [3.8, 4) is 0 Å². The van der Waals surface area contributed by atoms with Crippen molar-refractivity contribution in [3.05, 3.63) is 40.7 Å².